The van der Waals surface area contributed by atoms with Crippen molar-refractivity contribution < 1.29 is 22.7 Å². The molecule has 0 unspecified atom stereocenters. The summed E-state index contributed by atoms with van der Waals surface area (Å²) in [4.78, 5) is 13.7. The smallest absolute Gasteiger partial charge is 0.237 e. The number of rotatable bonds is 7. The summed E-state index contributed by atoms with van der Waals surface area (Å²) in [5.41, 5.74) is 0.454. The Balaban J connectivity index is 1.94. The van der Waals surface area contributed by atoms with Crippen molar-refractivity contribution in [3.8, 4) is 5.75 Å². The van der Waals surface area contributed by atoms with Gasteiger partial charge in [-0.25, -0.2) is 13.1 Å². The Bertz CT molecular complexity index is 691. The zero-order valence-electron chi connectivity index (χ0n) is 14.2. The molecule has 8 heteroatoms. The van der Waals surface area contributed by atoms with Crippen molar-refractivity contribution in [1.29, 1.82) is 0 Å². The number of nitrogens with one attached hydrogen (secondary N) is 1. The van der Waals surface area contributed by atoms with Crippen LogP contribution in [-0.4, -0.2) is 64.4 Å². The fraction of sp³-hybridized carbons (Fsp3) is 0.562. The number of benzene rings is 1. The Labute approximate surface area is 143 Å². The quantitative estimate of drug-likeness (QED) is 0.771. The highest BCUT2D eigenvalue weighted by Gasteiger charge is 2.41. The molecule has 24 heavy (non-hydrogen) atoms. The molecule has 1 atom stereocenters. The molecule has 0 aliphatic carbocycles. The minimum atomic E-state index is -3.39. The van der Waals surface area contributed by atoms with Crippen LogP contribution in [0.4, 0.5) is 0 Å². The summed E-state index contributed by atoms with van der Waals surface area (Å²) in [5, 5.41) is 0. The molecule has 134 valence electrons. The van der Waals surface area contributed by atoms with Gasteiger partial charge in [-0.3, -0.25) is 4.79 Å². The van der Waals surface area contributed by atoms with E-state index in [1.54, 1.807) is 12.0 Å². The largest absolute Gasteiger partial charge is 0.490 e. The summed E-state index contributed by atoms with van der Waals surface area (Å²) in [7, 11) is -1.79. The van der Waals surface area contributed by atoms with E-state index in [-0.39, 0.29) is 12.5 Å². The highest BCUT2D eigenvalue weighted by molar-refractivity contribution is 7.88. The summed E-state index contributed by atoms with van der Waals surface area (Å²) in [6.07, 6.45) is 1.67. The maximum atomic E-state index is 12.1. The second-order valence-corrected chi connectivity index (χ2v) is 7.93. The van der Waals surface area contributed by atoms with E-state index in [4.69, 9.17) is 9.47 Å². The van der Waals surface area contributed by atoms with E-state index in [2.05, 4.69) is 4.72 Å². The van der Waals surface area contributed by atoms with Crippen molar-refractivity contribution in [2.24, 2.45) is 0 Å². The third kappa shape index (κ3) is 4.93. The lowest BCUT2D eigenvalue weighted by molar-refractivity contribution is -0.130. The van der Waals surface area contributed by atoms with Crippen molar-refractivity contribution in [2.75, 3.05) is 39.6 Å². The Morgan fingerprint density at radius 2 is 2.08 bits per heavy atom. The number of carbonyl (C=O) groups is 1. The Morgan fingerprint density at radius 1 is 1.38 bits per heavy atom. The van der Waals surface area contributed by atoms with Crippen LogP contribution in [0.25, 0.3) is 0 Å². The van der Waals surface area contributed by atoms with E-state index in [0.717, 1.165) is 17.6 Å². The summed E-state index contributed by atoms with van der Waals surface area (Å²) < 4.78 is 35.9. The SMILES string of the molecule is CO[C@@]1(COc2ccccc2C)CCN(C(=O)CNS(C)(=O)=O)C1. The lowest BCUT2D eigenvalue weighted by Gasteiger charge is -2.28. The molecule has 1 saturated heterocycles. The van der Waals surface area contributed by atoms with Gasteiger partial charge in [-0.15, -0.1) is 0 Å². The average molecular weight is 356 g/mol. The molecule has 2 rings (SSSR count). The number of amides is 1. The molecule has 7 nitrogen and oxygen atoms in total. The summed E-state index contributed by atoms with van der Waals surface area (Å²) in [5.74, 6) is 0.521. The van der Waals surface area contributed by atoms with Crippen LogP contribution in [0.15, 0.2) is 24.3 Å². The van der Waals surface area contributed by atoms with Crippen molar-refractivity contribution in [1.82, 2.24) is 9.62 Å². The maximum Gasteiger partial charge on any atom is 0.237 e. The lowest BCUT2D eigenvalue weighted by atomic mass is 10.0. The van der Waals surface area contributed by atoms with Gasteiger partial charge < -0.3 is 14.4 Å². The second kappa shape index (κ2) is 7.50. The van der Waals surface area contributed by atoms with Gasteiger partial charge in [0, 0.05) is 13.7 Å². The maximum absolute atomic E-state index is 12.1. The van der Waals surface area contributed by atoms with E-state index in [1.807, 2.05) is 31.2 Å². The fourth-order valence-electron chi connectivity index (χ4n) is 2.63. The zero-order chi connectivity index (χ0) is 17.8. The van der Waals surface area contributed by atoms with Crippen LogP contribution in [0, 0.1) is 6.92 Å². The molecule has 1 N–H and O–H groups in total. The standard InChI is InChI=1S/C16H24N2O5S/c1-13-6-4-5-7-14(13)23-12-16(22-2)8-9-18(11-16)15(19)10-17-24(3,20)21/h4-7,17H,8-12H2,1-3H3/t16-/m0/s1. The molecule has 1 aromatic carbocycles. The third-order valence-corrected chi connectivity index (χ3v) is 4.84. The van der Waals surface area contributed by atoms with E-state index < -0.39 is 15.6 Å². The minimum Gasteiger partial charge on any atom is -0.490 e. The average Bonchev–Trinajstić information content (AvgIpc) is 2.96. The zero-order valence-corrected chi connectivity index (χ0v) is 15.1. The summed E-state index contributed by atoms with van der Waals surface area (Å²) >= 11 is 0. The molecule has 0 bridgehead atoms. The van der Waals surface area contributed by atoms with Gasteiger partial charge in [-0.1, -0.05) is 18.2 Å². The van der Waals surface area contributed by atoms with Gasteiger partial charge >= 0.3 is 0 Å². The number of carbonyl (C=O) groups excluding carboxylic acids is 1. The molecule has 0 aromatic heterocycles. The van der Waals surface area contributed by atoms with Gasteiger partial charge in [-0.05, 0) is 25.0 Å². The first-order chi connectivity index (χ1) is 11.2. The van der Waals surface area contributed by atoms with Gasteiger partial charge in [0.1, 0.15) is 18.0 Å². The Morgan fingerprint density at radius 3 is 2.71 bits per heavy atom. The normalized spacial score (nSPS) is 21.0. The molecule has 1 aliphatic rings. The highest BCUT2D eigenvalue weighted by atomic mass is 32.2. The van der Waals surface area contributed by atoms with Gasteiger partial charge in [0.05, 0.1) is 19.3 Å². The van der Waals surface area contributed by atoms with Crippen LogP contribution in [0.3, 0.4) is 0 Å². The van der Waals surface area contributed by atoms with Gasteiger partial charge in [-0.2, -0.15) is 0 Å². The molecule has 1 amide bonds. The van der Waals surface area contributed by atoms with E-state index >= 15 is 0 Å². The molecule has 1 heterocycles. The number of ether oxygens (including phenoxy) is 2. The summed E-state index contributed by atoms with van der Waals surface area (Å²) in [6, 6.07) is 7.71. The van der Waals surface area contributed by atoms with Crippen LogP contribution >= 0.6 is 0 Å². The van der Waals surface area contributed by atoms with Crippen LogP contribution in [0.2, 0.25) is 0 Å². The van der Waals surface area contributed by atoms with Crippen molar-refractivity contribution in [3.63, 3.8) is 0 Å². The number of sulfonamides is 1. The Hall–Kier alpha value is -1.64. The Kier molecular flexibility index (Phi) is 5.84. The van der Waals surface area contributed by atoms with Gasteiger partial charge in [0.25, 0.3) is 0 Å². The molecule has 1 fully saturated rings. The monoisotopic (exact) mass is 356 g/mol. The highest BCUT2D eigenvalue weighted by Crippen LogP contribution is 2.27. The predicted octanol–water partition coefficient (Wildman–Crippen LogP) is 0.541. The molecule has 1 aromatic rings. The fourth-order valence-corrected chi connectivity index (χ4v) is 3.02. The molecule has 0 spiro atoms. The van der Waals surface area contributed by atoms with Crippen molar-refractivity contribution >= 4 is 15.9 Å². The van der Waals surface area contributed by atoms with Crippen LogP contribution in [0.1, 0.15) is 12.0 Å². The van der Waals surface area contributed by atoms with Crippen LogP contribution in [-0.2, 0) is 19.6 Å². The predicted molar refractivity (Wildman–Crippen MR) is 90.5 cm³/mol. The van der Waals surface area contributed by atoms with Crippen LogP contribution < -0.4 is 9.46 Å². The second-order valence-electron chi connectivity index (χ2n) is 6.10. The number of likely N-dealkylation sites (tertiary alicyclic amines) is 1. The molecular formula is C16H24N2O5S. The van der Waals surface area contributed by atoms with Crippen molar-refractivity contribution in [3.05, 3.63) is 29.8 Å². The summed E-state index contributed by atoms with van der Waals surface area (Å²) in [6.45, 7) is 2.94. The minimum absolute atomic E-state index is 0.239. The number of para-hydroxylation sites is 1. The molecular weight excluding hydrogens is 332 g/mol. The molecule has 1 aliphatic heterocycles. The van der Waals surface area contributed by atoms with E-state index in [0.29, 0.717) is 26.1 Å². The van der Waals surface area contributed by atoms with Crippen molar-refractivity contribution in [2.45, 2.75) is 18.9 Å². The molecule has 0 saturated carbocycles. The number of hydrogen-bond acceptors (Lipinski definition) is 5. The van der Waals surface area contributed by atoms with E-state index in [1.165, 1.54) is 0 Å². The number of aryl methyl sites for hydroxylation is 1. The van der Waals surface area contributed by atoms with E-state index in [9.17, 15) is 13.2 Å². The van der Waals surface area contributed by atoms with Gasteiger partial charge in [0.15, 0.2) is 0 Å². The number of methoxy groups -OCH3 is 1. The first-order valence-corrected chi connectivity index (χ1v) is 9.60. The third-order valence-electron chi connectivity index (χ3n) is 4.17. The molecule has 0 radical (unpaired) electrons. The number of hydrogen-bond donors (Lipinski definition) is 1. The number of nitrogens with zero attached hydrogens (tertiary/aromatic N) is 1. The van der Waals surface area contributed by atoms with Gasteiger partial charge in [0.2, 0.25) is 15.9 Å². The topological polar surface area (TPSA) is 84.9 Å². The lowest BCUT2D eigenvalue weighted by Crippen LogP contribution is -2.44. The van der Waals surface area contributed by atoms with Crippen LogP contribution in [0.5, 0.6) is 5.75 Å². The first-order valence-electron chi connectivity index (χ1n) is 7.71. The first kappa shape index (κ1) is 18.7.